The average Bonchev–Trinajstić information content (AvgIpc) is 2.94. The molecule has 144 valence electrons. The molecule has 1 saturated heterocycles. The summed E-state index contributed by atoms with van der Waals surface area (Å²) in [6.45, 7) is 7.69. The predicted octanol–water partition coefficient (Wildman–Crippen LogP) is 2.14. The van der Waals surface area contributed by atoms with Crippen molar-refractivity contribution in [1.29, 1.82) is 0 Å². The van der Waals surface area contributed by atoms with E-state index in [0.29, 0.717) is 37.4 Å². The molecule has 0 radical (unpaired) electrons. The van der Waals surface area contributed by atoms with Gasteiger partial charge in [0, 0.05) is 39.1 Å². The molecule has 3 rings (SSSR count). The molecule has 0 bridgehead atoms. The van der Waals surface area contributed by atoms with Crippen molar-refractivity contribution in [2.45, 2.75) is 33.4 Å². The molecule has 0 aliphatic carbocycles. The van der Waals surface area contributed by atoms with E-state index in [2.05, 4.69) is 22.1 Å². The lowest BCUT2D eigenvalue weighted by molar-refractivity contribution is -0.386. The number of piperazine rings is 1. The smallest absolute Gasteiger partial charge is 0.312 e. The van der Waals surface area contributed by atoms with Gasteiger partial charge in [-0.15, -0.1) is 0 Å². The van der Waals surface area contributed by atoms with Gasteiger partial charge in [0.25, 0.3) is 0 Å². The number of amides is 1. The molecule has 27 heavy (non-hydrogen) atoms. The van der Waals surface area contributed by atoms with Crippen molar-refractivity contribution in [3.8, 4) is 0 Å². The van der Waals surface area contributed by atoms with Gasteiger partial charge >= 0.3 is 5.69 Å². The van der Waals surface area contributed by atoms with Crippen molar-refractivity contribution in [2.75, 3.05) is 26.2 Å². The number of hydrogen-bond donors (Lipinski definition) is 0. The van der Waals surface area contributed by atoms with Gasteiger partial charge in [0.1, 0.15) is 11.4 Å². The Morgan fingerprint density at radius 1 is 1.15 bits per heavy atom. The summed E-state index contributed by atoms with van der Waals surface area (Å²) in [4.78, 5) is 27.4. The SMILES string of the molecule is Cc1nn(CCC(=O)N2CCN(Cc3ccccc3)CC2)c(C)c1[N+](=O)[O-]. The maximum atomic E-state index is 12.5. The van der Waals surface area contributed by atoms with Gasteiger partial charge in [-0.2, -0.15) is 5.10 Å². The molecule has 0 spiro atoms. The largest absolute Gasteiger partial charge is 0.340 e. The molecule has 1 aliphatic rings. The quantitative estimate of drug-likeness (QED) is 0.574. The summed E-state index contributed by atoms with van der Waals surface area (Å²) in [6, 6.07) is 10.3. The van der Waals surface area contributed by atoms with Crippen LogP contribution in [0.3, 0.4) is 0 Å². The van der Waals surface area contributed by atoms with E-state index in [1.807, 2.05) is 23.1 Å². The molecule has 1 aromatic heterocycles. The fourth-order valence-electron chi connectivity index (χ4n) is 3.53. The van der Waals surface area contributed by atoms with Crippen LogP contribution in [0.4, 0.5) is 5.69 Å². The van der Waals surface area contributed by atoms with Gasteiger partial charge in [-0.3, -0.25) is 24.5 Å². The molecule has 2 heterocycles. The van der Waals surface area contributed by atoms with Crippen LogP contribution < -0.4 is 0 Å². The van der Waals surface area contributed by atoms with E-state index in [9.17, 15) is 14.9 Å². The van der Waals surface area contributed by atoms with Crippen LogP contribution in [-0.4, -0.2) is 56.6 Å². The fraction of sp³-hybridized carbons (Fsp3) is 0.474. The van der Waals surface area contributed by atoms with Crippen LogP contribution >= 0.6 is 0 Å². The summed E-state index contributed by atoms with van der Waals surface area (Å²) in [5.74, 6) is 0.0737. The topological polar surface area (TPSA) is 84.5 Å². The summed E-state index contributed by atoms with van der Waals surface area (Å²) in [7, 11) is 0. The lowest BCUT2D eigenvalue weighted by Gasteiger charge is -2.34. The molecule has 1 fully saturated rings. The summed E-state index contributed by atoms with van der Waals surface area (Å²) < 4.78 is 1.57. The minimum absolute atomic E-state index is 0.0389. The zero-order valence-electron chi connectivity index (χ0n) is 15.8. The Morgan fingerprint density at radius 2 is 1.81 bits per heavy atom. The molecule has 1 amide bonds. The second kappa shape index (κ2) is 8.30. The van der Waals surface area contributed by atoms with E-state index in [4.69, 9.17) is 0 Å². The highest BCUT2D eigenvalue weighted by molar-refractivity contribution is 5.76. The lowest BCUT2D eigenvalue weighted by atomic mass is 10.2. The Labute approximate surface area is 158 Å². The highest BCUT2D eigenvalue weighted by Crippen LogP contribution is 2.22. The highest BCUT2D eigenvalue weighted by atomic mass is 16.6. The first-order valence-corrected chi connectivity index (χ1v) is 9.18. The van der Waals surface area contributed by atoms with Crippen LogP contribution in [0.5, 0.6) is 0 Å². The van der Waals surface area contributed by atoms with Crippen LogP contribution in [0.25, 0.3) is 0 Å². The van der Waals surface area contributed by atoms with Crippen molar-refractivity contribution in [1.82, 2.24) is 19.6 Å². The number of benzene rings is 1. The van der Waals surface area contributed by atoms with Gasteiger partial charge in [0.05, 0.1) is 11.5 Å². The third-order valence-electron chi connectivity index (χ3n) is 5.04. The minimum atomic E-state index is -0.415. The maximum absolute atomic E-state index is 12.5. The lowest BCUT2D eigenvalue weighted by Crippen LogP contribution is -2.48. The standard InChI is InChI=1S/C19H25N5O3/c1-15-19(24(26)27)16(2)23(20-15)9-8-18(25)22-12-10-21(11-13-22)14-17-6-4-3-5-7-17/h3-7H,8-14H2,1-2H3. The number of rotatable bonds is 6. The summed E-state index contributed by atoms with van der Waals surface area (Å²) >= 11 is 0. The molecular weight excluding hydrogens is 346 g/mol. The number of aromatic nitrogens is 2. The number of carbonyl (C=O) groups is 1. The van der Waals surface area contributed by atoms with Crippen LogP contribution in [0, 0.1) is 24.0 Å². The van der Waals surface area contributed by atoms with Crippen LogP contribution in [0.1, 0.15) is 23.4 Å². The van der Waals surface area contributed by atoms with Crippen molar-refractivity contribution in [3.63, 3.8) is 0 Å². The normalized spacial score (nSPS) is 15.1. The molecule has 0 N–H and O–H groups in total. The number of carbonyl (C=O) groups excluding carboxylic acids is 1. The fourth-order valence-corrected chi connectivity index (χ4v) is 3.53. The van der Waals surface area contributed by atoms with E-state index >= 15 is 0 Å². The number of nitro groups is 1. The molecule has 0 atom stereocenters. The third-order valence-corrected chi connectivity index (χ3v) is 5.04. The molecule has 8 nitrogen and oxygen atoms in total. The Hall–Kier alpha value is -2.74. The van der Waals surface area contributed by atoms with Gasteiger partial charge in [-0.1, -0.05) is 30.3 Å². The van der Waals surface area contributed by atoms with Gasteiger partial charge < -0.3 is 4.90 Å². The van der Waals surface area contributed by atoms with Crippen molar-refractivity contribution < 1.29 is 9.72 Å². The molecule has 0 unspecified atom stereocenters. The molecule has 8 heteroatoms. The zero-order valence-corrected chi connectivity index (χ0v) is 15.8. The van der Waals surface area contributed by atoms with E-state index in [1.54, 1.807) is 18.5 Å². The average molecular weight is 371 g/mol. The molecular formula is C19H25N5O3. The van der Waals surface area contributed by atoms with Crippen molar-refractivity contribution >= 4 is 11.6 Å². The van der Waals surface area contributed by atoms with E-state index < -0.39 is 4.92 Å². The van der Waals surface area contributed by atoms with Crippen LogP contribution in [0.15, 0.2) is 30.3 Å². The molecule has 1 aromatic carbocycles. The minimum Gasteiger partial charge on any atom is -0.340 e. The van der Waals surface area contributed by atoms with E-state index in [1.165, 1.54) is 5.56 Å². The number of nitrogens with zero attached hydrogens (tertiary/aromatic N) is 5. The summed E-state index contributed by atoms with van der Waals surface area (Å²) in [5, 5.41) is 15.3. The third kappa shape index (κ3) is 4.51. The highest BCUT2D eigenvalue weighted by Gasteiger charge is 2.24. The first-order valence-electron chi connectivity index (χ1n) is 9.18. The Bertz CT molecular complexity index is 810. The Morgan fingerprint density at radius 3 is 2.41 bits per heavy atom. The molecule has 0 saturated carbocycles. The van der Waals surface area contributed by atoms with Crippen LogP contribution in [0.2, 0.25) is 0 Å². The monoisotopic (exact) mass is 371 g/mol. The molecule has 2 aromatic rings. The Kier molecular flexibility index (Phi) is 5.85. The Balaban J connectivity index is 1.49. The van der Waals surface area contributed by atoms with Gasteiger partial charge in [0.15, 0.2) is 0 Å². The van der Waals surface area contributed by atoms with E-state index in [0.717, 1.165) is 19.6 Å². The van der Waals surface area contributed by atoms with Crippen LogP contribution in [-0.2, 0) is 17.9 Å². The van der Waals surface area contributed by atoms with Gasteiger partial charge in [0.2, 0.25) is 5.91 Å². The first-order chi connectivity index (χ1) is 13.0. The second-order valence-corrected chi connectivity index (χ2v) is 6.89. The maximum Gasteiger partial charge on any atom is 0.312 e. The van der Waals surface area contributed by atoms with Crippen molar-refractivity contribution in [3.05, 3.63) is 57.4 Å². The molecule has 1 aliphatic heterocycles. The summed E-state index contributed by atoms with van der Waals surface area (Å²) in [5.41, 5.74) is 2.21. The van der Waals surface area contributed by atoms with Gasteiger partial charge in [-0.25, -0.2) is 0 Å². The second-order valence-electron chi connectivity index (χ2n) is 6.89. The predicted molar refractivity (Wildman–Crippen MR) is 101 cm³/mol. The number of hydrogen-bond acceptors (Lipinski definition) is 5. The van der Waals surface area contributed by atoms with E-state index in [-0.39, 0.29) is 11.6 Å². The zero-order chi connectivity index (χ0) is 19.4. The van der Waals surface area contributed by atoms with Crippen molar-refractivity contribution in [2.24, 2.45) is 0 Å². The van der Waals surface area contributed by atoms with Gasteiger partial charge in [-0.05, 0) is 19.4 Å². The summed E-state index contributed by atoms with van der Waals surface area (Å²) in [6.07, 6.45) is 0.303. The first kappa shape index (κ1) is 19.0. The number of aryl methyl sites for hydroxylation is 2.